The van der Waals surface area contributed by atoms with Crippen LogP contribution in [0.4, 0.5) is 0 Å². The molecule has 8 nitrogen and oxygen atoms in total. The number of hydrogen-bond donors (Lipinski definition) is 2. The van der Waals surface area contributed by atoms with E-state index < -0.39 is 32.5 Å². The summed E-state index contributed by atoms with van der Waals surface area (Å²) in [5.41, 5.74) is 0. The van der Waals surface area contributed by atoms with Gasteiger partial charge in [0.2, 0.25) is 0 Å². The number of carbonyl (C=O) groups excluding carboxylic acids is 2. The molecule has 2 N–H and O–H groups in total. The third-order valence-electron chi connectivity index (χ3n) is 5.88. The lowest BCUT2D eigenvalue weighted by Crippen LogP contribution is -2.29. The van der Waals surface area contributed by atoms with Crippen LogP contribution in [0.15, 0.2) is 0 Å². The summed E-state index contributed by atoms with van der Waals surface area (Å²) in [6.07, 6.45) is 19.0. The number of phosphoric acid groups is 1. The van der Waals surface area contributed by atoms with Gasteiger partial charge in [0.25, 0.3) is 0 Å². The quantitative estimate of drug-likeness (QED) is 0.0747. The fourth-order valence-electron chi connectivity index (χ4n) is 3.78. The molecule has 0 bridgehead atoms. The highest BCUT2D eigenvalue weighted by atomic mass is 31.2. The van der Waals surface area contributed by atoms with E-state index in [9.17, 15) is 14.2 Å². The van der Waals surface area contributed by atoms with Gasteiger partial charge in [-0.2, -0.15) is 0 Å². The van der Waals surface area contributed by atoms with Crippen LogP contribution in [-0.4, -0.2) is 41.0 Å². The second-order valence-electron chi connectivity index (χ2n) is 9.38. The normalized spacial score (nSPS) is 12.5. The van der Waals surface area contributed by atoms with E-state index in [4.69, 9.17) is 19.3 Å². The van der Waals surface area contributed by atoms with Crippen molar-refractivity contribution < 1.29 is 37.9 Å². The highest BCUT2D eigenvalue weighted by Crippen LogP contribution is 2.35. The maximum Gasteiger partial charge on any atom is 0.469 e. The van der Waals surface area contributed by atoms with Gasteiger partial charge in [-0.15, -0.1) is 0 Å². The molecule has 1 atom stereocenters. The molecule has 0 aromatic rings. The average molecular weight is 523 g/mol. The molecule has 0 rings (SSSR count). The zero-order valence-corrected chi connectivity index (χ0v) is 23.1. The Morgan fingerprint density at radius 2 is 1.03 bits per heavy atom. The van der Waals surface area contributed by atoms with E-state index in [0.29, 0.717) is 6.42 Å². The monoisotopic (exact) mass is 522 g/mol. The lowest BCUT2D eigenvalue weighted by Gasteiger charge is -2.18. The number of phosphoric ester groups is 1. The Hall–Kier alpha value is -0.950. The molecule has 0 aliphatic rings. The summed E-state index contributed by atoms with van der Waals surface area (Å²) in [4.78, 5) is 41.8. The number of ether oxygens (including phenoxy) is 2. The van der Waals surface area contributed by atoms with E-state index in [-0.39, 0.29) is 19.4 Å². The van der Waals surface area contributed by atoms with Crippen LogP contribution in [0, 0.1) is 0 Å². The first-order valence-corrected chi connectivity index (χ1v) is 15.4. The molecule has 0 fully saturated rings. The maximum atomic E-state index is 12.0. The Morgan fingerprint density at radius 1 is 0.629 bits per heavy atom. The van der Waals surface area contributed by atoms with Gasteiger partial charge < -0.3 is 19.3 Å². The summed E-state index contributed by atoms with van der Waals surface area (Å²) >= 11 is 0. The van der Waals surface area contributed by atoms with Gasteiger partial charge >= 0.3 is 19.8 Å². The van der Waals surface area contributed by atoms with Crippen molar-refractivity contribution in [3.63, 3.8) is 0 Å². The van der Waals surface area contributed by atoms with Crippen LogP contribution in [0.25, 0.3) is 0 Å². The fraction of sp³-hybridized carbons (Fsp3) is 0.923. The standard InChI is InChI=1S/C26H51O8P/c1-3-5-7-9-10-11-12-13-14-15-16-17-19-20-25(27)32-22-24(23-33-35(29,30)31)34-26(28)21-18-8-6-4-2/h24H,3-23H2,1-2H3,(H2,29,30,31)/t24-/m0/s1. The van der Waals surface area contributed by atoms with Crippen molar-refractivity contribution in [3.8, 4) is 0 Å². The van der Waals surface area contributed by atoms with Gasteiger partial charge in [-0.25, -0.2) is 4.57 Å². The molecular formula is C26H51O8P. The first-order valence-electron chi connectivity index (χ1n) is 13.8. The second-order valence-corrected chi connectivity index (χ2v) is 10.6. The minimum Gasteiger partial charge on any atom is -0.462 e. The van der Waals surface area contributed by atoms with Crippen LogP contribution >= 0.6 is 7.82 Å². The van der Waals surface area contributed by atoms with Crippen molar-refractivity contribution in [2.75, 3.05) is 13.2 Å². The van der Waals surface area contributed by atoms with Gasteiger partial charge in [0.15, 0.2) is 6.10 Å². The van der Waals surface area contributed by atoms with Crippen molar-refractivity contribution in [1.82, 2.24) is 0 Å². The van der Waals surface area contributed by atoms with Crippen LogP contribution < -0.4 is 0 Å². The molecular weight excluding hydrogens is 471 g/mol. The number of hydrogen-bond acceptors (Lipinski definition) is 6. The number of carbonyl (C=O) groups is 2. The Balaban J connectivity index is 3.93. The highest BCUT2D eigenvalue weighted by molar-refractivity contribution is 7.46. The summed E-state index contributed by atoms with van der Waals surface area (Å²) in [6.45, 7) is 3.50. The molecule has 0 aromatic heterocycles. The third kappa shape index (κ3) is 25.9. The third-order valence-corrected chi connectivity index (χ3v) is 6.36. The molecule has 0 spiro atoms. The van der Waals surface area contributed by atoms with Gasteiger partial charge in [-0.1, -0.05) is 110 Å². The van der Waals surface area contributed by atoms with Gasteiger partial charge in [0.1, 0.15) is 6.61 Å². The summed E-state index contributed by atoms with van der Waals surface area (Å²) in [5, 5.41) is 0. The first-order chi connectivity index (χ1) is 16.8. The van der Waals surface area contributed by atoms with E-state index in [0.717, 1.165) is 38.5 Å². The molecule has 0 unspecified atom stereocenters. The Bertz CT molecular complexity index is 564. The van der Waals surface area contributed by atoms with Gasteiger partial charge in [0.05, 0.1) is 6.61 Å². The van der Waals surface area contributed by atoms with Crippen molar-refractivity contribution >= 4 is 19.8 Å². The lowest BCUT2D eigenvalue weighted by atomic mass is 10.0. The van der Waals surface area contributed by atoms with Crippen molar-refractivity contribution in [2.24, 2.45) is 0 Å². The predicted octanol–water partition coefficient (Wildman–Crippen LogP) is 7.00. The summed E-state index contributed by atoms with van der Waals surface area (Å²) < 4.78 is 25.8. The minimum atomic E-state index is -4.72. The van der Waals surface area contributed by atoms with E-state index in [1.165, 1.54) is 64.2 Å². The molecule has 0 aliphatic carbocycles. The van der Waals surface area contributed by atoms with Crippen molar-refractivity contribution in [2.45, 2.75) is 142 Å². The topological polar surface area (TPSA) is 119 Å². The summed E-state index contributed by atoms with van der Waals surface area (Å²) in [6, 6.07) is 0. The molecule has 0 heterocycles. The smallest absolute Gasteiger partial charge is 0.462 e. The molecule has 0 saturated carbocycles. The molecule has 208 valence electrons. The van der Waals surface area contributed by atoms with Crippen molar-refractivity contribution in [3.05, 3.63) is 0 Å². The zero-order valence-electron chi connectivity index (χ0n) is 22.2. The minimum absolute atomic E-state index is 0.208. The summed E-state index contributed by atoms with van der Waals surface area (Å²) in [7, 11) is -4.72. The Labute approximate surface area is 213 Å². The molecule has 0 aliphatic heterocycles. The van der Waals surface area contributed by atoms with Gasteiger partial charge in [-0.05, 0) is 12.8 Å². The van der Waals surface area contributed by atoms with E-state index in [1.807, 2.05) is 0 Å². The van der Waals surface area contributed by atoms with E-state index in [2.05, 4.69) is 18.4 Å². The van der Waals surface area contributed by atoms with Crippen LogP contribution in [-0.2, 0) is 28.2 Å². The Morgan fingerprint density at radius 3 is 1.49 bits per heavy atom. The van der Waals surface area contributed by atoms with E-state index >= 15 is 0 Å². The van der Waals surface area contributed by atoms with Crippen LogP contribution in [0.2, 0.25) is 0 Å². The van der Waals surface area contributed by atoms with Gasteiger partial charge in [-0.3, -0.25) is 14.1 Å². The molecule has 35 heavy (non-hydrogen) atoms. The predicted molar refractivity (Wildman–Crippen MR) is 138 cm³/mol. The van der Waals surface area contributed by atoms with Gasteiger partial charge in [0, 0.05) is 12.8 Å². The number of rotatable bonds is 25. The lowest BCUT2D eigenvalue weighted by molar-refractivity contribution is -0.161. The molecule has 0 aromatic carbocycles. The van der Waals surface area contributed by atoms with E-state index in [1.54, 1.807) is 0 Å². The maximum absolute atomic E-state index is 12.0. The largest absolute Gasteiger partial charge is 0.469 e. The van der Waals surface area contributed by atoms with Crippen molar-refractivity contribution in [1.29, 1.82) is 0 Å². The fourth-order valence-corrected chi connectivity index (χ4v) is 4.14. The molecule has 9 heteroatoms. The zero-order chi connectivity index (χ0) is 26.2. The Kier molecular flexibility index (Phi) is 22.8. The highest BCUT2D eigenvalue weighted by Gasteiger charge is 2.22. The second kappa shape index (κ2) is 23.4. The van der Waals surface area contributed by atoms with Crippen LogP contribution in [0.5, 0.6) is 0 Å². The SMILES string of the molecule is CCCCCCCCCCCCCCCC(=O)OC[C@@H](COP(=O)(O)O)OC(=O)CCCCCC. The number of unbranched alkanes of at least 4 members (excludes halogenated alkanes) is 15. The molecule has 0 radical (unpaired) electrons. The summed E-state index contributed by atoms with van der Waals surface area (Å²) in [5.74, 6) is -0.902. The number of esters is 2. The average Bonchev–Trinajstić information content (AvgIpc) is 2.81. The molecule has 0 amide bonds. The molecule has 0 saturated heterocycles. The van der Waals surface area contributed by atoms with Crippen LogP contribution in [0.1, 0.15) is 136 Å². The van der Waals surface area contributed by atoms with Crippen LogP contribution in [0.3, 0.4) is 0 Å². The first kappa shape index (κ1) is 34.0.